The Hall–Kier alpha value is -0.0400. The fraction of sp³-hybridized carbons (Fsp3) is 1.00. The van der Waals surface area contributed by atoms with Crippen LogP contribution in [-0.2, 0) is 0 Å². The first-order valence-electron chi connectivity index (χ1n) is 6.54. The maximum atomic E-state index is 3.46. The first-order valence-corrected chi connectivity index (χ1v) is 6.54. The van der Waals surface area contributed by atoms with Crippen molar-refractivity contribution in [2.24, 2.45) is 5.92 Å². The first kappa shape index (κ1) is 12.0. The lowest BCUT2D eigenvalue weighted by Gasteiger charge is -2.19. The molecule has 0 heterocycles. The molecule has 0 aromatic heterocycles. The molecule has 1 saturated carbocycles. The quantitative estimate of drug-likeness (QED) is 0.523. The van der Waals surface area contributed by atoms with E-state index in [4.69, 9.17) is 0 Å². The van der Waals surface area contributed by atoms with E-state index in [9.17, 15) is 0 Å². The van der Waals surface area contributed by atoms with Crippen LogP contribution in [0.4, 0.5) is 0 Å². The van der Waals surface area contributed by atoms with E-state index in [2.05, 4.69) is 19.3 Å². The summed E-state index contributed by atoms with van der Waals surface area (Å²) in [6, 6.07) is 0.809. The highest BCUT2D eigenvalue weighted by atomic mass is 14.9. The molecule has 1 nitrogen and oxygen atoms in total. The maximum absolute atomic E-state index is 3.46. The van der Waals surface area contributed by atoms with Crippen LogP contribution in [0, 0.1) is 5.92 Å². The van der Waals surface area contributed by atoms with Crippen LogP contribution in [0.3, 0.4) is 0 Å². The van der Waals surface area contributed by atoms with Crippen LogP contribution >= 0.6 is 0 Å². The Morgan fingerprint density at radius 2 is 1.93 bits per heavy atom. The minimum absolute atomic E-state index is 0.809. The molecule has 1 heteroatoms. The molecule has 2 atom stereocenters. The molecule has 0 spiro atoms. The number of hydrogen-bond acceptors (Lipinski definition) is 1. The summed E-state index contributed by atoms with van der Waals surface area (Å²) in [6.45, 7) is 2.30. The van der Waals surface area contributed by atoms with Gasteiger partial charge >= 0.3 is 0 Å². The summed E-state index contributed by atoms with van der Waals surface area (Å²) in [5.41, 5.74) is 0. The molecule has 14 heavy (non-hydrogen) atoms. The third-order valence-corrected chi connectivity index (χ3v) is 3.66. The van der Waals surface area contributed by atoms with Gasteiger partial charge in [0.1, 0.15) is 0 Å². The normalized spacial score (nSPS) is 28.7. The predicted octanol–water partition coefficient (Wildman–Crippen LogP) is 3.74. The van der Waals surface area contributed by atoms with Gasteiger partial charge in [-0.05, 0) is 25.8 Å². The summed E-state index contributed by atoms with van der Waals surface area (Å²) in [7, 11) is 2.12. The van der Waals surface area contributed by atoms with Gasteiger partial charge in [-0.3, -0.25) is 0 Å². The topological polar surface area (TPSA) is 12.0 Å². The molecule has 1 N–H and O–H groups in total. The van der Waals surface area contributed by atoms with Crippen molar-refractivity contribution in [1.29, 1.82) is 0 Å². The van der Waals surface area contributed by atoms with Gasteiger partial charge in [0.15, 0.2) is 0 Å². The standard InChI is InChI=1S/C13H27N/c1-3-4-5-8-12-9-6-7-10-13(11-12)14-2/h12-14H,3-11H2,1-2H3. The molecule has 1 aliphatic carbocycles. The van der Waals surface area contributed by atoms with Gasteiger partial charge in [-0.1, -0.05) is 51.9 Å². The van der Waals surface area contributed by atoms with Crippen molar-refractivity contribution < 1.29 is 0 Å². The molecule has 0 bridgehead atoms. The highest BCUT2D eigenvalue weighted by Crippen LogP contribution is 2.27. The van der Waals surface area contributed by atoms with Crippen molar-refractivity contribution >= 4 is 0 Å². The smallest absolute Gasteiger partial charge is 0.00667 e. The van der Waals surface area contributed by atoms with Gasteiger partial charge in [-0.2, -0.15) is 0 Å². The third kappa shape index (κ3) is 4.45. The van der Waals surface area contributed by atoms with E-state index in [1.54, 1.807) is 0 Å². The lowest BCUT2D eigenvalue weighted by atomic mass is 9.92. The Bertz CT molecular complexity index is 133. The van der Waals surface area contributed by atoms with Crippen molar-refractivity contribution in [3.63, 3.8) is 0 Å². The van der Waals surface area contributed by atoms with Gasteiger partial charge in [-0.15, -0.1) is 0 Å². The lowest BCUT2D eigenvalue weighted by Crippen LogP contribution is -2.26. The molecule has 0 saturated heterocycles. The monoisotopic (exact) mass is 197 g/mol. The van der Waals surface area contributed by atoms with E-state index < -0.39 is 0 Å². The largest absolute Gasteiger partial charge is 0.317 e. The van der Waals surface area contributed by atoms with E-state index >= 15 is 0 Å². The average molecular weight is 197 g/mol. The molecule has 2 unspecified atom stereocenters. The summed E-state index contributed by atoms with van der Waals surface area (Å²) >= 11 is 0. The van der Waals surface area contributed by atoms with Crippen LogP contribution in [0.15, 0.2) is 0 Å². The van der Waals surface area contributed by atoms with Crippen molar-refractivity contribution in [3.8, 4) is 0 Å². The fourth-order valence-corrected chi connectivity index (χ4v) is 2.67. The summed E-state index contributed by atoms with van der Waals surface area (Å²) in [5, 5.41) is 3.46. The highest BCUT2D eigenvalue weighted by molar-refractivity contribution is 4.74. The second kappa shape index (κ2) is 7.28. The minimum Gasteiger partial charge on any atom is -0.317 e. The Kier molecular flexibility index (Phi) is 6.25. The predicted molar refractivity (Wildman–Crippen MR) is 63.6 cm³/mol. The SMILES string of the molecule is CCCCCC1CCCCC(NC)C1. The van der Waals surface area contributed by atoms with Gasteiger partial charge in [0, 0.05) is 6.04 Å². The van der Waals surface area contributed by atoms with E-state index in [1.165, 1.54) is 57.8 Å². The van der Waals surface area contributed by atoms with Crippen LogP contribution in [0.25, 0.3) is 0 Å². The Balaban J connectivity index is 2.20. The molecule has 1 rings (SSSR count). The number of rotatable bonds is 5. The Morgan fingerprint density at radius 3 is 2.64 bits per heavy atom. The van der Waals surface area contributed by atoms with Crippen molar-refractivity contribution in [2.75, 3.05) is 7.05 Å². The van der Waals surface area contributed by atoms with Crippen molar-refractivity contribution in [1.82, 2.24) is 5.32 Å². The van der Waals surface area contributed by atoms with Gasteiger partial charge in [0.2, 0.25) is 0 Å². The fourth-order valence-electron chi connectivity index (χ4n) is 2.67. The van der Waals surface area contributed by atoms with Crippen LogP contribution in [0.2, 0.25) is 0 Å². The molecular weight excluding hydrogens is 170 g/mol. The molecule has 1 aliphatic rings. The summed E-state index contributed by atoms with van der Waals surface area (Å²) in [5.74, 6) is 1.02. The van der Waals surface area contributed by atoms with Crippen LogP contribution < -0.4 is 5.32 Å². The maximum Gasteiger partial charge on any atom is 0.00667 e. The van der Waals surface area contributed by atoms with Crippen LogP contribution in [-0.4, -0.2) is 13.1 Å². The molecule has 84 valence electrons. The molecule has 0 aromatic rings. The highest BCUT2D eigenvalue weighted by Gasteiger charge is 2.18. The number of nitrogens with one attached hydrogen (secondary N) is 1. The third-order valence-electron chi connectivity index (χ3n) is 3.66. The molecule has 0 aliphatic heterocycles. The first-order chi connectivity index (χ1) is 6.86. The van der Waals surface area contributed by atoms with E-state index in [-0.39, 0.29) is 0 Å². The van der Waals surface area contributed by atoms with Gasteiger partial charge in [0.05, 0.1) is 0 Å². The molecular formula is C13H27N. The van der Waals surface area contributed by atoms with Gasteiger partial charge in [-0.25, -0.2) is 0 Å². The Labute approximate surface area is 89.7 Å². The van der Waals surface area contributed by atoms with Crippen molar-refractivity contribution in [3.05, 3.63) is 0 Å². The van der Waals surface area contributed by atoms with Crippen LogP contribution in [0.1, 0.15) is 64.7 Å². The number of unbranched alkanes of at least 4 members (excludes halogenated alkanes) is 2. The molecule has 1 fully saturated rings. The second-order valence-corrected chi connectivity index (χ2v) is 4.87. The zero-order chi connectivity index (χ0) is 10.2. The van der Waals surface area contributed by atoms with Gasteiger partial charge < -0.3 is 5.32 Å². The minimum atomic E-state index is 0.809. The van der Waals surface area contributed by atoms with Crippen LogP contribution in [0.5, 0.6) is 0 Å². The zero-order valence-electron chi connectivity index (χ0n) is 10.0. The molecule has 0 radical (unpaired) electrons. The van der Waals surface area contributed by atoms with E-state index in [0.29, 0.717) is 0 Å². The summed E-state index contributed by atoms with van der Waals surface area (Å²) in [6.07, 6.45) is 13.0. The zero-order valence-corrected chi connectivity index (χ0v) is 10.0. The second-order valence-electron chi connectivity index (χ2n) is 4.87. The van der Waals surface area contributed by atoms with Gasteiger partial charge in [0.25, 0.3) is 0 Å². The summed E-state index contributed by atoms with van der Waals surface area (Å²) < 4.78 is 0. The summed E-state index contributed by atoms with van der Waals surface area (Å²) in [4.78, 5) is 0. The van der Waals surface area contributed by atoms with Crippen molar-refractivity contribution in [2.45, 2.75) is 70.8 Å². The van der Waals surface area contributed by atoms with E-state index in [0.717, 1.165) is 12.0 Å². The number of hydrogen-bond donors (Lipinski definition) is 1. The lowest BCUT2D eigenvalue weighted by molar-refractivity contribution is 0.369. The molecule has 0 amide bonds. The average Bonchev–Trinajstić information content (AvgIpc) is 2.43. The Morgan fingerprint density at radius 1 is 1.14 bits per heavy atom. The molecule has 0 aromatic carbocycles. The van der Waals surface area contributed by atoms with E-state index in [1.807, 2.05) is 0 Å².